The van der Waals surface area contributed by atoms with Gasteiger partial charge in [-0.05, 0) is 31.9 Å². The maximum Gasteiger partial charge on any atom is 0.266 e. The highest BCUT2D eigenvalue weighted by Gasteiger charge is 2.39. The third kappa shape index (κ3) is 4.75. The lowest BCUT2D eigenvalue weighted by Crippen LogP contribution is -2.47. The number of nitrogens with zero attached hydrogens (tertiary/aromatic N) is 5. The Hall–Kier alpha value is -3.86. The lowest BCUT2D eigenvalue weighted by Gasteiger charge is -2.41. The van der Waals surface area contributed by atoms with Crippen molar-refractivity contribution in [2.45, 2.75) is 37.8 Å². The zero-order valence-corrected chi connectivity index (χ0v) is 22.3. The summed E-state index contributed by atoms with van der Waals surface area (Å²) in [6.07, 6.45) is 3.60. The Labute approximate surface area is 224 Å². The molecule has 0 bridgehead atoms. The van der Waals surface area contributed by atoms with Crippen LogP contribution in [0.4, 0.5) is 24.5 Å². The standard InChI is InChI=1S/C28H31F3N6O2/c1-17(19-6-5-7-20(24(19)29)25(30)31)34-23-8-11-32-26-21(23)14-22(27(38)36(26)3)28(39-4)9-12-37(13-10-28)18-15-33-35(2)16-18/h5-8,11,14-17,25H,9-10,12-13H2,1-4H3,(H,32,34)/t17-/m1/s1. The molecular weight excluding hydrogens is 509 g/mol. The number of aromatic nitrogens is 4. The quantitative estimate of drug-likeness (QED) is 0.353. The second-order valence-corrected chi connectivity index (χ2v) is 9.99. The molecule has 206 valence electrons. The number of anilines is 2. The maximum absolute atomic E-state index is 14.9. The number of ether oxygens (including phenoxy) is 1. The molecule has 0 aliphatic carbocycles. The van der Waals surface area contributed by atoms with Crippen molar-refractivity contribution in [1.29, 1.82) is 0 Å². The number of pyridine rings is 2. The van der Waals surface area contributed by atoms with Crippen LogP contribution in [0, 0.1) is 5.82 Å². The Bertz CT molecular complexity index is 1560. The Morgan fingerprint density at radius 1 is 1.13 bits per heavy atom. The first-order chi connectivity index (χ1) is 18.6. The Morgan fingerprint density at radius 2 is 1.85 bits per heavy atom. The van der Waals surface area contributed by atoms with E-state index in [0.717, 1.165) is 11.8 Å². The minimum absolute atomic E-state index is 0.124. The lowest BCUT2D eigenvalue weighted by molar-refractivity contribution is -0.0358. The zero-order chi connectivity index (χ0) is 27.9. The minimum atomic E-state index is -2.91. The molecule has 11 heteroatoms. The summed E-state index contributed by atoms with van der Waals surface area (Å²) in [6, 6.07) is 6.89. The fourth-order valence-corrected chi connectivity index (χ4v) is 5.47. The van der Waals surface area contributed by atoms with E-state index in [-0.39, 0.29) is 11.1 Å². The molecule has 4 aromatic rings. The van der Waals surface area contributed by atoms with Gasteiger partial charge in [0.2, 0.25) is 0 Å². The molecule has 8 nitrogen and oxygen atoms in total. The molecule has 1 atom stereocenters. The molecule has 0 amide bonds. The molecule has 1 aliphatic heterocycles. The number of alkyl halides is 2. The van der Waals surface area contributed by atoms with Crippen LogP contribution in [0.25, 0.3) is 11.0 Å². The minimum Gasteiger partial charge on any atom is -0.378 e. The van der Waals surface area contributed by atoms with Crippen molar-refractivity contribution in [3.63, 3.8) is 0 Å². The van der Waals surface area contributed by atoms with E-state index in [4.69, 9.17) is 4.74 Å². The third-order valence-electron chi connectivity index (χ3n) is 7.75. The molecule has 1 saturated heterocycles. The SMILES string of the molecule is COC1(c2cc3c(N[C@H](C)c4cccc(C(F)F)c4F)ccnc3n(C)c2=O)CCN(c2cnn(C)c2)CC1. The monoisotopic (exact) mass is 540 g/mol. The van der Waals surface area contributed by atoms with Crippen LogP contribution in [0.1, 0.15) is 48.9 Å². The molecule has 1 aliphatic rings. The fourth-order valence-electron chi connectivity index (χ4n) is 5.47. The van der Waals surface area contributed by atoms with Crippen LogP contribution < -0.4 is 15.8 Å². The van der Waals surface area contributed by atoms with E-state index < -0.39 is 29.4 Å². The Balaban J connectivity index is 1.51. The molecule has 39 heavy (non-hydrogen) atoms. The summed E-state index contributed by atoms with van der Waals surface area (Å²) in [5.74, 6) is -0.933. The second-order valence-electron chi connectivity index (χ2n) is 9.99. The van der Waals surface area contributed by atoms with Crippen molar-refractivity contribution in [2.75, 3.05) is 30.4 Å². The van der Waals surface area contributed by atoms with Crippen molar-refractivity contribution in [3.05, 3.63) is 81.8 Å². The van der Waals surface area contributed by atoms with Gasteiger partial charge < -0.3 is 15.0 Å². The van der Waals surface area contributed by atoms with Gasteiger partial charge >= 0.3 is 0 Å². The number of rotatable bonds is 7. The summed E-state index contributed by atoms with van der Waals surface area (Å²) >= 11 is 0. The average Bonchev–Trinajstić information content (AvgIpc) is 3.37. The summed E-state index contributed by atoms with van der Waals surface area (Å²) in [5.41, 5.74) is 1.06. The topological polar surface area (TPSA) is 77.2 Å². The highest BCUT2D eigenvalue weighted by Crippen LogP contribution is 2.38. The third-order valence-corrected chi connectivity index (χ3v) is 7.75. The highest BCUT2D eigenvalue weighted by atomic mass is 19.3. The van der Waals surface area contributed by atoms with Gasteiger partial charge in [-0.2, -0.15) is 5.10 Å². The van der Waals surface area contributed by atoms with E-state index in [9.17, 15) is 18.0 Å². The highest BCUT2D eigenvalue weighted by molar-refractivity contribution is 5.89. The van der Waals surface area contributed by atoms with Crippen molar-refractivity contribution in [1.82, 2.24) is 19.3 Å². The summed E-state index contributed by atoms with van der Waals surface area (Å²) in [6.45, 7) is 3.05. The number of hydrogen-bond acceptors (Lipinski definition) is 6. The van der Waals surface area contributed by atoms with Gasteiger partial charge in [-0.15, -0.1) is 0 Å². The molecule has 0 radical (unpaired) electrons. The van der Waals surface area contributed by atoms with Crippen molar-refractivity contribution in [3.8, 4) is 0 Å². The largest absolute Gasteiger partial charge is 0.378 e. The molecule has 3 aromatic heterocycles. The molecule has 0 unspecified atom stereocenters. The van der Waals surface area contributed by atoms with Crippen LogP contribution in [-0.2, 0) is 24.4 Å². The van der Waals surface area contributed by atoms with Crippen LogP contribution >= 0.6 is 0 Å². The fraction of sp³-hybridized carbons (Fsp3) is 0.393. The van der Waals surface area contributed by atoms with Gasteiger partial charge in [-0.1, -0.05) is 18.2 Å². The van der Waals surface area contributed by atoms with Crippen LogP contribution in [0.3, 0.4) is 0 Å². The van der Waals surface area contributed by atoms with E-state index in [1.807, 2.05) is 19.4 Å². The number of piperidine rings is 1. The molecule has 1 aromatic carbocycles. The molecule has 0 saturated carbocycles. The van der Waals surface area contributed by atoms with Gasteiger partial charge in [0.05, 0.1) is 29.1 Å². The molecule has 1 fully saturated rings. The van der Waals surface area contributed by atoms with Crippen LogP contribution in [0.2, 0.25) is 0 Å². The molecular formula is C28H31F3N6O2. The first kappa shape index (κ1) is 26.7. The van der Waals surface area contributed by atoms with Gasteiger partial charge in [0.15, 0.2) is 0 Å². The number of aryl methyl sites for hydroxylation is 2. The van der Waals surface area contributed by atoms with Gasteiger partial charge in [0.25, 0.3) is 12.0 Å². The lowest BCUT2D eigenvalue weighted by atomic mass is 9.84. The summed E-state index contributed by atoms with van der Waals surface area (Å²) < 4.78 is 50.7. The number of nitrogens with one attached hydrogen (secondary N) is 1. The number of fused-ring (bicyclic) bond motifs is 1. The van der Waals surface area contributed by atoms with E-state index >= 15 is 0 Å². The van der Waals surface area contributed by atoms with E-state index in [0.29, 0.717) is 48.2 Å². The molecule has 5 rings (SSSR count). The second kappa shape index (κ2) is 10.4. The van der Waals surface area contributed by atoms with Gasteiger partial charge in [0, 0.05) is 63.3 Å². The molecule has 1 N–H and O–H groups in total. The Kier molecular flexibility index (Phi) is 7.11. The molecule has 0 spiro atoms. The van der Waals surface area contributed by atoms with Crippen LogP contribution in [0.15, 0.2) is 53.7 Å². The van der Waals surface area contributed by atoms with Crippen molar-refractivity contribution in [2.24, 2.45) is 14.1 Å². The van der Waals surface area contributed by atoms with Crippen molar-refractivity contribution < 1.29 is 17.9 Å². The van der Waals surface area contributed by atoms with Crippen molar-refractivity contribution >= 4 is 22.4 Å². The predicted molar refractivity (Wildman–Crippen MR) is 144 cm³/mol. The average molecular weight is 541 g/mol. The first-order valence-corrected chi connectivity index (χ1v) is 12.8. The maximum atomic E-state index is 14.9. The van der Waals surface area contributed by atoms with Gasteiger partial charge in [-0.3, -0.25) is 14.0 Å². The summed E-state index contributed by atoms with van der Waals surface area (Å²) in [5, 5.41) is 8.15. The molecule has 4 heterocycles. The summed E-state index contributed by atoms with van der Waals surface area (Å²) in [7, 11) is 5.15. The number of methoxy groups -OCH3 is 1. The van der Waals surface area contributed by atoms with Crippen LogP contribution in [0.5, 0.6) is 0 Å². The first-order valence-electron chi connectivity index (χ1n) is 12.8. The number of hydrogen-bond donors (Lipinski definition) is 1. The van der Waals surface area contributed by atoms with E-state index in [1.54, 1.807) is 44.1 Å². The number of halogens is 3. The summed E-state index contributed by atoms with van der Waals surface area (Å²) in [4.78, 5) is 20.2. The van der Waals surface area contributed by atoms with Gasteiger partial charge in [-0.25, -0.2) is 18.2 Å². The Morgan fingerprint density at radius 3 is 2.49 bits per heavy atom. The zero-order valence-electron chi connectivity index (χ0n) is 22.3. The normalized spacial score (nSPS) is 16.2. The van der Waals surface area contributed by atoms with Crippen LogP contribution in [-0.4, -0.2) is 39.5 Å². The predicted octanol–water partition coefficient (Wildman–Crippen LogP) is 5.06. The van der Waals surface area contributed by atoms with E-state index in [1.165, 1.54) is 16.7 Å². The van der Waals surface area contributed by atoms with Gasteiger partial charge in [0.1, 0.15) is 17.1 Å². The smallest absolute Gasteiger partial charge is 0.266 e. The van der Waals surface area contributed by atoms with E-state index in [2.05, 4.69) is 20.3 Å². The number of benzene rings is 1.